The minimum Gasteiger partial charge on any atom is -0.253 e. The van der Waals surface area contributed by atoms with Crippen LogP contribution in [0, 0.1) is 0 Å². The van der Waals surface area contributed by atoms with Crippen molar-refractivity contribution < 1.29 is 0 Å². The highest BCUT2D eigenvalue weighted by Crippen LogP contribution is 2.32. The van der Waals surface area contributed by atoms with Crippen LogP contribution in [0.1, 0.15) is 5.56 Å². The molecule has 3 aromatic carbocycles. The number of hydrazone groups is 1. The summed E-state index contributed by atoms with van der Waals surface area (Å²) in [5.74, 6) is 0. The van der Waals surface area contributed by atoms with Gasteiger partial charge in [0.2, 0.25) is 5.13 Å². The molecule has 0 saturated heterocycles. The molecule has 0 atom stereocenters. The number of rotatable bonds is 6. The molecule has 0 bridgehead atoms. The maximum atomic E-state index is 6.22. The Morgan fingerprint density at radius 2 is 1.68 bits per heavy atom. The van der Waals surface area contributed by atoms with Gasteiger partial charge in [0.15, 0.2) is 0 Å². The van der Waals surface area contributed by atoms with Crippen LogP contribution >= 0.6 is 34.7 Å². The number of nitrogens with one attached hydrogen (secondary N) is 1. The van der Waals surface area contributed by atoms with Crippen molar-refractivity contribution in [1.82, 2.24) is 4.98 Å². The second-order valence-electron chi connectivity index (χ2n) is 5.88. The molecular formula is C22H16ClN3S2. The van der Waals surface area contributed by atoms with E-state index in [9.17, 15) is 0 Å². The molecule has 28 heavy (non-hydrogen) atoms. The molecule has 0 saturated carbocycles. The highest BCUT2D eigenvalue weighted by atomic mass is 35.5. The smallest absolute Gasteiger partial charge is 0.203 e. The molecule has 0 aliphatic rings. The summed E-state index contributed by atoms with van der Waals surface area (Å²) in [6.45, 7) is 0. The van der Waals surface area contributed by atoms with Crippen LogP contribution in [0.5, 0.6) is 0 Å². The Balaban J connectivity index is 1.36. The lowest BCUT2D eigenvalue weighted by atomic mass is 10.2. The number of aromatic nitrogens is 1. The molecule has 138 valence electrons. The zero-order valence-corrected chi connectivity index (χ0v) is 17.1. The first-order valence-corrected chi connectivity index (χ1v) is 10.7. The van der Waals surface area contributed by atoms with Crippen LogP contribution in [0.15, 0.2) is 99.1 Å². The number of thiazole rings is 1. The highest BCUT2D eigenvalue weighted by Gasteiger charge is 2.03. The Bertz CT molecular complexity index is 1080. The summed E-state index contributed by atoms with van der Waals surface area (Å²) < 4.78 is 0. The maximum absolute atomic E-state index is 6.22. The van der Waals surface area contributed by atoms with Crippen LogP contribution in [0.2, 0.25) is 5.02 Å². The monoisotopic (exact) mass is 421 g/mol. The Morgan fingerprint density at radius 1 is 0.929 bits per heavy atom. The van der Waals surface area contributed by atoms with E-state index in [1.807, 2.05) is 72.1 Å². The van der Waals surface area contributed by atoms with Crippen molar-refractivity contribution in [1.29, 1.82) is 0 Å². The highest BCUT2D eigenvalue weighted by molar-refractivity contribution is 7.99. The van der Waals surface area contributed by atoms with Crippen LogP contribution in [0.3, 0.4) is 0 Å². The topological polar surface area (TPSA) is 37.3 Å². The van der Waals surface area contributed by atoms with Crippen molar-refractivity contribution >= 4 is 46.0 Å². The standard InChI is InChI=1S/C22H16ClN3S2/c23-19-8-4-5-9-21(19)28-18-12-10-16(11-13-18)14-24-26-22-25-20(15-27-22)17-6-2-1-3-7-17/h1-15H,(H,25,26). The van der Waals surface area contributed by atoms with Gasteiger partial charge >= 0.3 is 0 Å². The van der Waals surface area contributed by atoms with E-state index in [0.717, 1.165) is 36.8 Å². The predicted molar refractivity (Wildman–Crippen MR) is 121 cm³/mol. The first kappa shape index (κ1) is 18.7. The van der Waals surface area contributed by atoms with E-state index in [2.05, 4.69) is 27.6 Å². The second-order valence-corrected chi connectivity index (χ2v) is 8.26. The number of halogens is 1. The molecule has 0 fully saturated rings. The molecule has 6 heteroatoms. The molecule has 0 spiro atoms. The van der Waals surface area contributed by atoms with E-state index >= 15 is 0 Å². The Morgan fingerprint density at radius 3 is 2.46 bits per heavy atom. The van der Waals surface area contributed by atoms with Crippen molar-refractivity contribution in [3.8, 4) is 11.3 Å². The van der Waals surface area contributed by atoms with Gasteiger partial charge < -0.3 is 0 Å². The molecule has 0 unspecified atom stereocenters. The van der Waals surface area contributed by atoms with Gasteiger partial charge in [0.05, 0.1) is 16.9 Å². The summed E-state index contributed by atoms with van der Waals surface area (Å²) in [6.07, 6.45) is 1.79. The van der Waals surface area contributed by atoms with E-state index in [1.165, 1.54) is 11.3 Å². The molecule has 0 amide bonds. The predicted octanol–water partition coefficient (Wildman–Crippen LogP) is 7.06. The fraction of sp³-hybridized carbons (Fsp3) is 0. The summed E-state index contributed by atoms with van der Waals surface area (Å²) in [6, 6.07) is 26.1. The third-order valence-corrected chi connectivity index (χ3v) is 6.16. The zero-order valence-electron chi connectivity index (χ0n) is 14.7. The van der Waals surface area contributed by atoms with Gasteiger partial charge in [0, 0.05) is 20.7 Å². The van der Waals surface area contributed by atoms with E-state index in [4.69, 9.17) is 11.6 Å². The van der Waals surface area contributed by atoms with Gasteiger partial charge in [-0.2, -0.15) is 5.10 Å². The second kappa shape index (κ2) is 9.06. The van der Waals surface area contributed by atoms with E-state index in [1.54, 1.807) is 18.0 Å². The van der Waals surface area contributed by atoms with Crippen molar-refractivity contribution in [2.75, 3.05) is 5.43 Å². The summed E-state index contributed by atoms with van der Waals surface area (Å²) in [5.41, 5.74) is 6.06. The van der Waals surface area contributed by atoms with Crippen LogP contribution in [-0.2, 0) is 0 Å². The lowest BCUT2D eigenvalue weighted by Gasteiger charge is -2.04. The van der Waals surface area contributed by atoms with Gasteiger partial charge in [0.1, 0.15) is 0 Å². The first-order chi connectivity index (χ1) is 13.8. The fourth-order valence-electron chi connectivity index (χ4n) is 2.51. The summed E-state index contributed by atoms with van der Waals surface area (Å²) in [5, 5.41) is 7.84. The maximum Gasteiger partial charge on any atom is 0.203 e. The van der Waals surface area contributed by atoms with Gasteiger partial charge in [0.25, 0.3) is 0 Å². The number of hydrogen-bond acceptors (Lipinski definition) is 5. The molecule has 1 aromatic heterocycles. The molecule has 4 aromatic rings. The van der Waals surface area contributed by atoms with Gasteiger partial charge in [-0.15, -0.1) is 11.3 Å². The van der Waals surface area contributed by atoms with Gasteiger partial charge in [-0.3, -0.25) is 5.43 Å². The zero-order chi connectivity index (χ0) is 19.2. The molecule has 0 aliphatic carbocycles. The minimum absolute atomic E-state index is 0.764. The van der Waals surface area contributed by atoms with Crippen LogP contribution in [-0.4, -0.2) is 11.2 Å². The van der Waals surface area contributed by atoms with Crippen LogP contribution < -0.4 is 5.43 Å². The summed E-state index contributed by atoms with van der Waals surface area (Å²) in [7, 11) is 0. The largest absolute Gasteiger partial charge is 0.253 e. The van der Waals surface area contributed by atoms with Crippen molar-refractivity contribution in [2.24, 2.45) is 5.10 Å². The molecule has 3 nitrogen and oxygen atoms in total. The van der Waals surface area contributed by atoms with Crippen molar-refractivity contribution in [3.05, 3.63) is 94.8 Å². The Hall–Kier alpha value is -2.60. The SMILES string of the molecule is Clc1ccccc1Sc1ccc(C=NNc2nc(-c3ccccc3)cs2)cc1. The third kappa shape index (κ3) is 4.81. The normalized spacial score (nSPS) is 11.0. The van der Waals surface area contributed by atoms with Crippen LogP contribution in [0.4, 0.5) is 5.13 Å². The van der Waals surface area contributed by atoms with Gasteiger partial charge in [-0.25, -0.2) is 4.98 Å². The molecule has 1 heterocycles. The van der Waals surface area contributed by atoms with Crippen molar-refractivity contribution in [2.45, 2.75) is 9.79 Å². The number of hydrogen-bond donors (Lipinski definition) is 1. The van der Waals surface area contributed by atoms with Gasteiger partial charge in [-0.05, 0) is 29.8 Å². The molecule has 0 aliphatic heterocycles. The van der Waals surface area contributed by atoms with Crippen LogP contribution in [0.25, 0.3) is 11.3 Å². The quantitative estimate of drug-likeness (QED) is 0.267. The Labute approximate surface area is 177 Å². The van der Waals surface area contributed by atoms with Gasteiger partial charge in [-0.1, -0.05) is 78.0 Å². The fourth-order valence-corrected chi connectivity index (χ4v) is 4.26. The Kier molecular flexibility index (Phi) is 6.07. The third-order valence-electron chi connectivity index (χ3n) is 3.89. The number of nitrogens with zero attached hydrogens (tertiary/aromatic N) is 2. The molecule has 1 N–H and O–H groups in total. The molecule has 4 rings (SSSR count). The average molecular weight is 422 g/mol. The molecular weight excluding hydrogens is 406 g/mol. The summed E-state index contributed by atoms with van der Waals surface area (Å²) >= 11 is 9.39. The minimum atomic E-state index is 0.764. The average Bonchev–Trinajstić information content (AvgIpc) is 3.21. The van der Waals surface area contributed by atoms with E-state index in [0.29, 0.717) is 0 Å². The van der Waals surface area contributed by atoms with Crippen molar-refractivity contribution in [3.63, 3.8) is 0 Å². The number of anilines is 1. The first-order valence-electron chi connectivity index (χ1n) is 8.60. The number of benzene rings is 3. The lowest BCUT2D eigenvalue weighted by Crippen LogP contribution is -1.90. The van der Waals surface area contributed by atoms with E-state index < -0.39 is 0 Å². The van der Waals surface area contributed by atoms with E-state index in [-0.39, 0.29) is 0 Å². The lowest BCUT2D eigenvalue weighted by molar-refractivity contribution is 1.29. The summed E-state index contributed by atoms with van der Waals surface area (Å²) in [4.78, 5) is 6.74. The molecule has 0 radical (unpaired) electrons.